The van der Waals surface area contributed by atoms with Crippen LogP contribution in [0.25, 0.3) is 0 Å². The van der Waals surface area contributed by atoms with E-state index in [2.05, 4.69) is 6.92 Å². The van der Waals surface area contributed by atoms with Gasteiger partial charge in [-0.25, -0.2) is 4.79 Å². The van der Waals surface area contributed by atoms with Crippen molar-refractivity contribution in [1.29, 1.82) is 0 Å². The number of rotatable bonds is 4. The van der Waals surface area contributed by atoms with E-state index in [1.165, 1.54) is 7.11 Å². The number of ether oxygens (including phenoxy) is 1. The summed E-state index contributed by atoms with van der Waals surface area (Å²) in [7, 11) is 1.38. The maximum absolute atomic E-state index is 13.6. The lowest BCUT2D eigenvalue weighted by molar-refractivity contribution is -0.124. The van der Waals surface area contributed by atoms with E-state index in [1.54, 1.807) is 0 Å². The minimum Gasteiger partial charge on any atom is -0.465 e. The molecule has 0 aromatic heterocycles. The van der Waals surface area contributed by atoms with Crippen molar-refractivity contribution in [1.82, 2.24) is 0 Å². The predicted octanol–water partition coefficient (Wildman–Crippen LogP) is 4.24. The van der Waals surface area contributed by atoms with Crippen LogP contribution in [0.15, 0.2) is 18.2 Å². The SMILES string of the molecule is COC(=O)c1cc(C)ccc1N(C(=O)[C@H]1CC[C@H](C)CC1)C1CCC(O)CC1. The van der Waals surface area contributed by atoms with E-state index in [9.17, 15) is 14.7 Å². The zero-order valence-electron chi connectivity index (χ0n) is 17.3. The van der Waals surface area contributed by atoms with Crippen LogP contribution < -0.4 is 4.90 Å². The van der Waals surface area contributed by atoms with Crippen LogP contribution in [0.3, 0.4) is 0 Å². The third-order valence-electron chi connectivity index (χ3n) is 6.45. The van der Waals surface area contributed by atoms with E-state index in [4.69, 9.17) is 4.74 Å². The maximum Gasteiger partial charge on any atom is 0.339 e. The van der Waals surface area contributed by atoms with Crippen molar-refractivity contribution in [3.05, 3.63) is 29.3 Å². The fourth-order valence-electron chi connectivity index (χ4n) is 4.65. The number of nitrogens with zero attached hydrogens (tertiary/aromatic N) is 1. The van der Waals surface area contributed by atoms with Gasteiger partial charge in [-0.3, -0.25) is 4.79 Å². The minimum atomic E-state index is -0.412. The van der Waals surface area contributed by atoms with Crippen molar-refractivity contribution in [2.45, 2.75) is 77.4 Å². The van der Waals surface area contributed by atoms with E-state index in [-0.39, 0.29) is 24.0 Å². The van der Waals surface area contributed by atoms with Crippen molar-refractivity contribution in [3.8, 4) is 0 Å². The molecule has 0 heterocycles. The number of anilines is 1. The second kappa shape index (κ2) is 9.08. The highest BCUT2D eigenvalue weighted by atomic mass is 16.5. The molecule has 0 bridgehead atoms. The number of hydrogen-bond acceptors (Lipinski definition) is 4. The number of carbonyl (C=O) groups excluding carboxylic acids is 2. The lowest BCUT2D eigenvalue weighted by Crippen LogP contribution is -2.47. The van der Waals surface area contributed by atoms with Crippen molar-refractivity contribution in [2.24, 2.45) is 11.8 Å². The molecule has 0 atom stereocenters. The highest BCUT2D eigenvalue weighted by Gasteiger charge is 2.36. The van der Waals surface area contributed by atoms with Gasteiger partial charge in [0.05, 0.1) is 24.5 Å². The van der Waals surface area contributed by atoms with E-state index in [0.717, 1.165) is 44.1 Å². The first-order valence-corrected chi connectivity index (χ1v) is 10.6. The molecule has 0 radical (unpaired) electrons. The molecule has 28 heavy (non-hydrogen) atoms. The third-order valence-corrected chi connectivity index (χ3v) is 6.45. The second-order valence-corrected chi connectivity index (χ2v) is 8.64. The molecule has 5 heteroatoms. The molecular formula is C23H33NO4. The molecule has 2 aliphatic carbocycles. The molecule has 0 saturated heterocycles. The average molecular weight is 388 g/mol. The van der Waals surface area contributed by atoms with Crippen LogP contribution in [-0.4, -0.2) is 36.2 Å². The molecule has 154 valence electrons. The summed E-state index contributed by atoms with van der Waals surface area (Å²) >= 11 is 0. The summed E-state index contributed by atoms with van der Waals surface area (Å²) in [5, 5.41) is 9.94. The number of esters is 1. The van der Waals surface area contributed by atoms with Crippen LogP contribution in [0.1, 0.15) is 74.2 Å². The largest absolute Gasteiger partial charge is 0.465 e. The standard InChI is InChI=1S/C23H33NO4/c1-15-4-7-17(8-5-15)22(26)24(18-9-11-19(25)12-10-18)21-13-6-16(2)14-20(21)23(27)28-3/h6,13-15,17-19,25H,4-5,7-12H2,1-3H3/t15-,17-,18?,19?. The number of aliphatic hydroxyl groups is 1. The van der Waals surface area contributed by atoms with Crippen LogP contribution in [0, 0.1) is 18.8 Å². The molecule has 5 nitrogen and oxygen atoms in total. The van der Waals surface area contributed by atoms with Gasteiger partial charge in [-0.1, -0.05) is 18.6 Å². The number of hydrogen-bond donors (Lipinski definition) is 1. The summed E-state index contributed by atoms with van der Waals surface area (Å²) in [5.74, 6) is 0.397. The Hall–Kier alpha value is -1.88. The molecule has 1 aromatic carbocycles. The van der Waals surface area contributed by atoms with Crippen molar-refractivity contribution in [2.75, 3.05) is 12.0 Å². The van der Waals surface area contributed by atoms with Crippen molar-refractivity contribution in [3.63, 3.8) is 0 Å². The van der Waals surface area contributed by atoms with Crippen LogP contribution in [0.2, 0.25) is 0 Å². The van der Waals surface area contributed by atoms with Gasteiger partial charge in [-0.2, -0.15) is 0 Å². The van der Waals surface area contributed by atoms with E-state index < -0.39 is 5.97 Å². The normalized spacial score (nSPS) is 27.9. The van der Waals surface area contributed by atoms with Gasteiger partial charge < -0.3 is 14.7 Å². The fourth-order valence-corrected chi connectivity index (χ4v) is 4.65. The fraction of sp³-hybridized carbons (Fsp3) is 0.652. The van der Waals surface area contributed by atoms with Crippen molar-refractivity contribution >= 4 is 17.6 Å². The van der Waals surface area contributed by atoms with Crippen molar-refractivity contribution < 1.29 is 19.4 Å². The lowest BCUT2D eigenvalue weighted by Gasteiger charge is -2.39. The van der Waals surface area contributed by atoms with Gasteiger partial charge in [0.1, 0.15) is 0 Å². The molecule has 0 aliphatic heterocycles. The number of carbonyl (C=O) groups is 2. The van der Waals surface area contributed by atoms with Crippen LogP contribution in [0.4, 0.5) is 5.69 Å². The van der Waals surface area contributed by atoms with Gasteiger partial charge in [0.25, 0.3) is 0 Å². The summed E-state index contributed by atoms with van der Waals surface area (Å²) in [4.78, 5) is 28.0. The smallest absolute Gasteiger partial charge is 0.339 e. The Morgan fingerprint density at radius 2 is 1.68 bits per heavy atom. The molecule has 0 spiro atoms. The first-order chi connectivity index (χ1) is 13.4. The predicted molar refractivity (Wildman–Crippen MR) is 109 cm³/mol. The van der Waals surface area contributed by atoms with E-state index >= 15 is 0 Å². The Kier molecular flexibility index (Phi) is 6.76. The zero-order valence-corrected chi connectivity index (χ0v) is 17.3. The van der Waals surface area contributed by atoms with Gasteiger partial charge in [0.15, 0.2) is 0 Å². The number of amides is 1. The summed E-state index contributed by atoms with van der Waals surface area (Å²) < 4.78 is 5.01. The Balaban J connectivity index is 1.97. The van der Waals surface area contributed by atoms with Gasteiger partial charge in [0.2, 0.25) is 5.91 Å². The van der Waals surface area contributed by atoms with E-state index in [1.807, 2.05) is 30.0 Å². The van der Waals surface area contributed by atoms with Crippen LogP contribution in [0.5, 0.6) is 0 Å². The lowest BCUT2D eigenvalue weighted by atomic mass is 9.81. The highest BCUT2D eigenvalue weighted by molar-refractivity contribution is 6.03. The molecule has 2 fully saturated rings. The number of methoxy groups -OCH3 is 1. The number of aryl methyl sites for hydroxylation is 1. The Bertz CT molecular complexity index is 701. The first-order valence-electron chi connectivity index (χ1n) is 10.6. The summed E-state index contributed by atoms with van der Waals surface area (Å²) in [6.45, 7) is 4.18. The zero-order chi connectivity index (χ0) is 20.3. The minimum absolute atomic E-state index is 0.00912. The quantitative estimate of drug-likeness (QED) is 0.785. The maximum atomic E-state index is 13.6. The van der Waals surface area contributed by atoms with Gasteiger partial charge in [-0.15, -0.1) is 0 Å². The average Bonchev–Trinajstić information content (AvgIpc) is 2.70. The molecule has 2 saturated carbocycles. The third kappa shape index (κ3) is 4.57. The number of benzene rings is 1. The molecule has 1 amide bonds. The molecule has 1 aromatic rings. The Morgan fingerprint density at radius 3 is 2.29 bits per heavy atom. The molecule has 2 aliphatic rings. The van der Waals surface area contributed by atoms with Crippen LogP contribution in [-0.2, 0) is 9.53 Å². The molecule has 3 rings (SSSR count). The Labute approximate surface area is 168 Å². The number of aliphatic hydroxyl groups excluding tert-OH is 1. The van der Waals surface area contributed by atoms with Gasteiger partial charge in [0, 0.05) is 12.0 Å². The topological polar surface area (TPSA) is 66.8 Å². The Morgan fingerprint density at radius 1 is 1.04 bits per heavy atom. The molecule has 0 unspecified atom stereocenters. The monoisotopic (exact) mass is 387 g/mol. The highest BCUT2D eigenvalue weighted by Crippen LogP contribution is 2.36. The molecule has 1 N–H and O–H groups in total. The first kappa shape index (κ1) is 20.8. The van der Waals surface area contributed by atoms with Gasteiger partial charge >= 0.3 is 5.97 Å². The second-order valence-electron chi connectivity index (χ2n) is 8.64. The summed E-state index contributed by atoms with van der Waals surface area (Å²) in [6.07, 6.45) is 6.56. The molecular weight excluding hydrogens is 354 g/mol. The summed E-state index contributed by atoms with van der Waals surface area (Å²) in [5.41, 5.74) is 2.07. The van der Waals surface area contributed by atoms with E-state index in [0.29, 0.717) is 30.0 Å². The van der Waals surface area contributed by atoms with Crippen LogP contribution >= 0.6 is 0 Å². The summed E-state index contributed by atoms with van der Waals surface area (Å²) in [6, 6.07) is 5.65. The van der Waals surface area contributed by atoms with Gasteiger partial charge in [-0.05, 0) is 76.3 Å².